The van der Waals surface area contributed by atoms with Crippen molar-refractivity contribution in [1.29, 1.82) is 0 Å². The van der Waals surface area contributed by atoms with Crippen LogP contribution in [0.2, 0.25) is 0 Å². The number of nitrogens with one attached hydrogen (secondary N) is 1. The second-order valence-electron chi connectivity index (χ2n) is 3.84. The van der Waals surface area contributed by atoms with Gasteiger partial charge in [-0.2, -0.15) is 0 Å². The van der Waals surface area contributed by atoms with E-state index in [0.29, 0.717) is 0 Å². The van der Waals surface area contributed by atoms with Crippen molar-refractivity contribution < 1.29 is 4.39 Å². The van der Waals surface area contributed by atoms with E-state index in [4.69, 9.17) is 0 Å². The summed E-state index contributed by atoms with van der Waals surface area (Å²) in [5.74, 6) is -0.128. The zero-order valence-corrected chi connectivity index (χ0v) is 9.43. The largest absolute Gasteiger partial charge is 0.317 e. The molecule has 0 spiro atoms. The van der Waals surface area contributed by atoms with E-state index in [1.54, 1.807) is 12.1 Å². The molecule has 0 aromatic heterocycles. The number of hydrogen-bond donors (Lipinski definition) is 1. The molecule has 2 heteroatoms. The number of rotatable bonds is 7. The predicted molar refractivity (Wildman–Crippen MR) is 62.5 cm³/mol. The van der Waals surface area contributed by atoms with Gasteiger partial charge in [0.25, 0.3) is 0 Å². The molecule has 1 N–H and O–H groups in total. The third-order valence-corrected chi connectivity index (χ3v) is 2.38. The minimum absolute atomic E-state index is 0.128. The first-order valence-corrected chi connectivity index (χ1v) is 5.78. The van der Waals surface area contributed by atoms with Crippen LogP contribution in [0.5, 0.6) is 0 Å². The molecular weight excluding hydrogens is 189 g/mol. The van der Waals surface area contributed by atoms with Crippen molar-refractivity contribution in [3.63, 3.8) is 0 Å². The summed E-state index contributed by atoms with van der Waals surface area (Å²) in [7, 11) is 0. The van der Waals surface area contributed by atoms with Crippen molar-refractivity contribution in [2.24, 2.45) is 0 Å². The third kappa shape index (κ3) is 5.53. The first kappa shape index (κ1) is 12.2. The van der Waals surface area contributed by atoms with E-state index in [1.165, 1.54) is 12.5 Å². The summed E-state index contributed by atoms with van der Waals surface area (Å²) in [6.07, 6.45) is 4.45. The zero-order chi connectivity index (χ0) is 10.9. The Balaban J connectivity index is 2.10. The zero-order valence-electron chi connectivity index (χ0n) is 9.43. The molecule has 0 aliphatic carbocycles. The molecule has 15 heavy (non-hydrogen) atoms. The van der Waals surface area contributed by atoms with Gasteiger partial charge in [0.2, 0.25) is 0 Å². The smallest absolute Gasteiger partial charge is 0.123 e. The van der Waals surface area contributed by atoms with Gasteiger partial charge in [-0.3, -0.25) is 0 Å². The van der Waals surface area contributed by atoms with Crippen LogP contribution in [-0.2, 0) is 6.42 Å². The molecule has 1 aromatic rings. The van der Waals surface area contributed by atoms with E-state index >= 15 is 0 Å². The van der Waals surface area contributed by atoms with Gasteiger partial charge in [-0.25, -0.2) is 4.39 Å². The Labute approximate surface area is 91.7 Å². The molecule has 0 unspecified atom stereocenters. The topological polar surface area (TPSA) is 12.0 Å². The van der Waals surface area contributed by atoms with Crippen LogP contribution < -0.4 is 5.32 Å². The van der Waals surface area contributed by atoms with Crippen molar-refractivity contribution in [2.75, 3.05) is 13.1 Å². The highest BCUT2D eigenvalue weighted by Crippen LogP contribution is 2.07. The molecular formula is C13H20FN. The average Bonchev–Trinajstić information content (AvgIpc) is 2.23. The highest BCUT2D eigenvalue weighted by molar-refractivity contribution is 5.16. The van der Waals surface area contributed by atoms with E-state index in [9.17, 15) is 4.39 Å². The van der Waals surface area contributed by atoms with Gasteiger partial charge in [-0.05, 0) is 56.5 Å². The van der Waals surface area contributed by atoms with Gasteiger partial charge in [-0.15, -0.1) is 0 Å². The Kier molecular flexibility index (Phi) is 6.02. The fourth-order valence-corrected chi connectivity index (χ4v) is 1.57. The van der Waals surface area contributed by atoms with Gasteiger partial charge in [0, 0.05) is 0 Å². The minimum atomic E-state index is -0.128. The van der Waals surface area contributed by atoms with Gasteiger partial charge in [0.1, 0.15) is 5.82 Å². The number of aryl methyl sites for hydroxylation is 1. The maximum atomic E-state index is 12.8. The molecule has 0 radical (unpaired) electrons. The number of unbranched alkanes of at least 4 members (excludes halogenated alkanes) is 1. The molecule has 0 heterocycles. The van der Waals surface area contributed by atoms with Crippen LogP contribution in [0.4, 0.5) is 4.39 Å². The first-order chi connectivity index (χ1) is 7.33. The first-order valence-electron chi connectivity index (χ1n) is 5.78. The van der Waals surface area contributed by atoms with E-state index in [0.717, 1.165) is 37.9 Å². The van der Waals surface area contributed by atoms with E-state index in [1.807, 2.05) is 6.07 Å². The van der Waals surface area contributed by atoms with Crippen molar-refractivity contribution in [3.8, 4) is 0 Å². The summed E-state index contributed by atoms with van der Waals surface area (Å²) in [4.78, 5) is 0. The average molecular weight is 209 g/mol. The molecule has 0 atom stereocenters. The minimum Gasteiger partial charge on any atom is -0.317 e. The van der Waals surface area contributed by atoms with Crippen LogP contribution in [0.1, 0.15) is 31.7 Å². The maximum absolute atomic E-state index is 12.8. The normalized spacial score (nSPS) is 10.5. The lowest BCUT2D eigenvalue weighted by molar-refractivity contribution is 0.609. The van der Waals surface area contributed by atoms with Gasteiger partial charge in [0.05, 0.1) is 0 Å². The molecule has 1 aromatic carbocycles. The lowest BCUT2D eigenvalue weighted by Gasteiger charge is -2.03. The Bertz CT molecular complexity index is 273. The van der Waals surface area contributed by atoms with Crippen molar-refractivity contribution in [1.82, 2.24) is 5.32 Å². The van der Waals surface area contributed by atoms with Crippen molar-refractivity contribution in [3.05, 3.63) is 35.6 Å². The van der Waals surface area contributed by atoms with Crippen LogP contribution in [0.3, 0.4) is 0 Å². The Hall–Kier alpha value is -0.890. The second-order valence-corrected chi connectivity index (χ2v) is 3.84. The fourth-order valence-electron chi connectivity index (χ4n) is 1.57. The van der Waals surface area contributed by atoms with Crippen molar-refractivity contribution in [2.45, 2.75) is 32.6 Å². The molecule has 1 nitrogen and oxygen atoms in total. The standard InChI is InChI=1S/C13H20FN/c1-2-9-15-10-4-3-6-12-7-5-8-13(14)11-12/h5,7-8,11,15H,2-4,6,9-10H2,1H3. The second kappa shape index (κ2) is 7.41. The number of halogens is 1. The van der Waals surface area contributed by atoms with E-state index < -0.39 is 0 Å². The highest BCUT2D eigenvalue weighted by Gasteiger charge is 1.95. The van der Waals surface area contributed by atoms with Crippen molar-refractivity contribution >= 4 is 0 Å². The summed E-state index contributed by atoms with van der Waals surface area (Å²) in [5, 5.41) is 3.36. The van der Waals surface area contributed by atoms with Crippen LogP contribution in [0.15, 0.2) is 24.3 Å². The Morgan fingerprint density at radius 3 is 2.80 bits per heavy atom. The lowest BCUT2D eigenvalue weighted by atomic mass is 10.1. The van der Waals surface area contributed by atoms with Gasteiger partial charge in [-0.1, -0.05) is 19.1 Å². The van der Waals surface area contributed by atoms with E-state index in [2.05, 4.69) is 12.2 Å². The van der Waals surface area contributed by atoms with Crippen LogP contribution in [0, 0.1) is 5.82 Å². The monoisotopic (exact) mass is 209 g/mol. The highest BCUT2D eigenvalue weighted by atomic mass is 19.1. The SMILES string of the molecule is CCCNCCCCc1cccc(F)c1. The molecule has 84 valence electrons. The quantitative estimate of drug-likeness (QED) is 0.680. The molecule has 0 amide bonds. The molecule has 0 aliphatic rings. The van der Waals surface area contributed by atoms with Crippen LogP contribution in [-0.4, -0.2) is 13.1 Å². The summed E-state index contributed by atoms with van der Waals surface area (Å²) in [6, 6.07) is 6.88. The predicted octanol–water partition coefficient (Wildman–Crippen LogP) is 3.15. The Morgan fingerprint density at radius 2 is 2.07 bits per heavy atom. The molecule has 0 saturated heterocycles. The Morgan fingerprint density at radius 1 is 1.20 bits per heavy atom. The summed E-state index contributed by atoms with van der Waals surface area (Å²) in [6.45, 7) is 4.34. The fraction of sp³-hybridized carbons (Fsp3) is 0.538. The lowest BCUT2D eigenvalue weighted by Crippen LogP contribution is -2.15. The third-order valence-electron chi connectivity index (χ3n) is 2.38. The van der Waals surface area contributed by atoms with Crippen LogP contribution in [0.25, 0.3) is 0 Å². The van der Waals surface area contributed by atoms with Crippen LogP contribution >= 0.6 is 0 Å². The number of benzene rings is 1. The molecule has 0 fully saturated rings. The summed E-state index contributed by atoms with van der Waals surface area (Å²) in [5.41, 5.74) is 1.10. The molecule has 0 bridgehead atoms. The van der Waals surface area contributed by atoms with Gasteiger partial charge in [0.15, 0.2) is 0 Å². The summed E-state index contributed by atoms with van der Waals surface area (Å²) >= 11 is 0. The van der Waals surface area contributed by atoms with Gasteiger partial charge < -0.3 is 5.32 Å². The molecule has 1 rings (SSSR count). The van der Waals surface area contributed by atoms with Gasteiger partial charge >= 0.3 is 0 Å². The van der Waals surface area contributed by atoms with E-state index in [-0.39, 0.29) is 5.82 Å². The molecule has 0 saturated carbocycles. The summed E-state index contributed by atoms with van der Waals surface area (Å²) < 4.78 is 12.8. The maximum Gasteiger partial charge on any atom is 0.123 e. The molecule has 0 aliphatic heterocycles. The number of hydrogen-bond acceptors (Lipinski definition) is 1.